The molecule has 0 bridgehead atoms. The molecule has 0 aliphatic heterocycles. The zero-order valence-corrected chi connectivity index (χ0v) is 15.1. The van der Waals surface area contributed by atoms with Crippen molar-refractivity contribution in [1.82, 2.24) is 10.6 Å². The first-order valence-electron chi connectivity index (χ1n) is 9.26. The van der Waals surface area contributed by atoms with Crippen molar-refractivity contribution in [2.24, 2.45) is 5.92 Å². The molecule has 0 fully saturated rings. The first-order chi connectivity index (χ1) is 11.7. The molecule has 0 aromatic heterocycles. The van der Waals surface area contributed by atoms with E-state index in [4.69, 9.17) is 5.11 Å². The Hall–Kier alpha value is -1.35. The van der Waals surface area contributed by atoms with Gasteiger partial charge in [-0.05, 0) is 43.3 Å². The molecule has 0 aromatic rings. The van der Waals surface area contributed by atoms with Crippen LogP contribution in [-0.4, -0.2) is 36.1 Å². The number of unbranched alkanes of at least 4 members (excludes halogenated alkanes) is 1. The Kier molecular flexibility index (Phi) is 10.4. The van der Waals surface area contributed by atoms with Crippen LogP contribution in [0.4, 0.5) is 0 Å². The molecule has 0 saturated carbocycles. The summed E-state index contributed by atoms with van der Waals surface area (Å²) in [6, 6.07) is 2.12. The van der Waals surface area contributed by atoms with Crippen LogP contribution in [0.25, 0.3) is 0 Å². The Bertz CT molecular complexity index is 466. The van der Waals surface area contributed by atoms with Crippen LogP contribution >= 0.6 is 0 Å². The Balaban J connectivity index is 2.72. The van der Waals surface area contributed by atoms with Gasteiger partial charge in [0.1, 0.15) is 6.23 Å². The van der Waals surface area contributed by atoms with Gasteiger partial charge in [0.25, 0.3) is 0 Å². The molecule has 0 radical (unpaired) electrons. The second kappa shape index (κ2) is 12.1. The number of nitrogens with one attached hydrogen (secondary N) is 2. The van der Waals surface area contributed by atoms with Gasteiger partial charge in [0.15, 0.2) is 0 Å². The van der Waals surface area contributed by atoms with Gasteiger partial charge in [-0.2, -0.15) is 5.26 Å². The van der Waals surface area contributed by atoms with E-state index in [1.165, 1.54) is 25.7 Å². The summed E-state index contributed by atoms with van der Waals surface area (Å²) in [4.78, 5) is 0. The molecule has 5 heteroatoms. The summed E-state index contributed by atoms with van der Waals surface area (Å²) in [6.07, 6.45) is 8.73. The maximum Gasteiger partial charge on any atom is 0.141 e. The molecule has 136 valence electrons. The largest absolute Gasteiger partial charge is 0.395 e. The molecule has 5 nitrogen and oxygen atoms in total. The van der Waals surface area contributed by atoms with E-state index in [1.54, 1.807) is 0 Å². The fourth-order valence-corrected chi connectivity index (χ4v) is 3.01. The highest BCUT2D eigenvalue weighted by atomic mass is 16.3. The summed E-state index contributed by atoms with van der Waals surface area (Å²) in [5, 5.41) is 34.6. The summed E-state index contributed by atoms with van der Waals surface area (Å²) in [5.41, 5.74) is 2.42. The second-order valence-corrected chi connectivity index (χ2v) is 6.45. The van der Waals surface area contributed by atoms with E-state index < -0.39 is 6.23 Å². The minimum atomic E-state index is -1.01. The lowest BCUT2D eigenvalue weighted by atomic mass is 9.93. The molecule has 2 unspecified atom stereocenters. The topological polar surface area (TPSA) is 88.3 Å². The van der Waals surface area contributed by atoms with E-state index in [9.17, 15) is 10.4 Å². The van der Waals surface area contributed by atoms with Gasteiger partial charge in [0, 0.05) is 18.8 Å². The number of rotatable bonds is 11. The van der Waals surface area contributed by atoms with E-state index in [0.717, 1.165) is 37.1 Å². The van der Waals surface area contributed by atoms with Gasteiger partial charge in [-0.25, -0.2) is 0 Å². The van der Waals surface area contributed by atoms with Crippen molar-refractivity contribution in [2.75, 3.05) is 19.7 Å². The molecule has 1 rings (SSSR count). The van der Waals surface area contributed by atoms with Gasteiger partial charge < -0.3 is 15.5 Å². The molecule has 0 spiro atoms. The minimum absolute atomic E-state index is 0.0656. The van der Waals surface area contributed by atoms with E-state index in [2.05, 4.69) is 30.6 Å². The fourth-order valence-electron chi connectivity index (χ4n) is 3.01. The Morgan fingerprint density at radius 2 is 2.17 bits per heavy atom. The Morgan fingerprint density at radius 1 is 1.38 bits per heavy atom. The highest BCUT2D eigenvalue weighted by Crippen LogP contribution is 2.25. The van der Waals surface area contributed by atoms with Gasteiger partial charge in [-0.1, -0.05) is 33.1 Å². The van der Waals surface area contributed by atoms with Crippen LogP contribution in [0.5, 0.6) is 0 Å². The van der Waals surface area contributed by atoms with Crippen LogP contribution in [0.3, 0.4) is 0 Å². The highest BCUT2D eigenvalue weighted by molar-refractivity contribution is 5.40. The van der Waals surface area contributed by atoms with Crippen LogP contribution in [0.2, 0.25) is 0 Å². The van der Waals surface area contributed by atoms with Gasteiger partial charge in [-0.15, -0.1) is 0 Å². The number of nitriles is 1. The van der Waals surface area contributed by atoms with Crippen molar-refractivity contribution in [3.8, 4) is 6.07 Å². The van der Waals surface area contributed by atoms with Gasteiger partial charge in [0.2, 0.25) is 0 Å². The lowest BCUT2D eigenvalue weighted by Gasteiger charge is -2.22. The Labute approximate surface area is 146 Å². The highest BCUT2D eigenvalue weighted by Gasteiger charge is 2.18. The van der Waals surface area contributed by atoms with Gasteiger partial charge in [-0.3, -0.25) is 5.32 Å². The van der Waals surface area contributed by atoms with Crippen LogP contribution in [-0.2, 0) is 0 Å². The lowest BCUT2D eigenvalue weighted by Crippen LogP contribution is -2.33. The maximum absolute atomic E-state index is 10.1. The zero-order valence-electron chi connectivity index (χ0n) is 15.1. The summed E-state index contributed by atoms with van der Waals surface area (Å²) in [5.74, 6) is 0.687. The first-order valence-corrected chi connectivity index (χ1v) is 9.26. The number of hydrogen-bond acceptors (Lipinski definition) is 5. The average molecular weight is 335 g/mol. The summed E-state index contributed by atoms with van der Waals surface area (Å²) < 4.78 is 0. The third kappa shape index (κ3) is 7.04. The molecular formula is C19H33N3O2. The summed E-state index contributed by atoms with van der Waals surface area (Å²) >= 11 is 0. The third-order valence-electron chi connectivity index (χ3n) is 4.59. The van der Waals surface area contributed by atoms with E-state index in [1.807, 2.05) is 6.08 Å². The Morgan fingerprint density at radius 3 is 2.79 bits per heavy atom. The van der Waals surface area contributed by atoms with Crippen LogP contribution in [0.15, 0.2) is 22.9 Å². The molecule has 4 N–H and O–H groups in total. The normalized spacial score (nSPS) is 19.2. The molecule has 0 amide bonds. The lowest BCUT2D eigenvalue weighted by molar-refractivity contribution is 0.163. The molecule has 1 aliphatic carbocycles. The zero-order chi connectivity index (χ0) is 17.8. The number of nitrogens with zero attached hydrogens (tertiary/aromatic N) is 1. The van der Waals surface area contributed by atoms with Crippen molar-refractivity contribution in [3.63, 3.8) is 0 Å². The molecule has 1 aliphatic rings. The van der Waals surface area contributed by atoms with Gasteiger partial charge >= 0.3 is 0 Å². The van der Waals surface area contributed by atoms with Crippen LogP contribution < -0.4 is 10.6 Å². The summed E-state index contributed by atoms with van der Waals surface area (Å²) in [7, 11) is 0. The average Bonchev–Trinajstić information content (AvgIpc) is 2.61. The quantitative estimate of drug-likeness (QED) is 0.344. The second-order valence-electron chi connectivity index (χ2n) is 6.45. The summed E-state index contributed by atoms with van der Waals surface area (Å²) in [6.45, 7) is 5.64. The molecule has 2 atom stereocenters. The van der Waals surface area contributed by atoms with E-state index in [-0.39, 0.29) is 13.2 Å². The van der Waals surface area contributed by atoms with Crippen molar-refractivity contribution in [2.45, 2.75) is 65.0 Å². The first kappa shape index (κ1) is 20.7. The van der Waals surface area contributed by atoms with Crippen LogP contribution in [0, 0.1) is 17.2 Å². The van der Waals surface area contributed by atoms with E-state index >= 15 is 0 Å². The minimum Gasteiger partial charge on any atom is -0.395 e. The SMILES string of the molecule is CCCCC(CC)CNC1=C/C(=C(/C#N)C(O)NCCO)CCC1. The predicted octanol–water partition coefficient (Wildman–Crippen LogP) is 2.58. The molecular weight excluding hydrogens is 302 g/mol. The molecule has 0 saturated heterocycles. The number of aliphatic hydroxyl groups is 2. The fraction of sp³-hybridized carbons (Fsp3) is 0.737. The van der Waals surface area contributed by atoms with Crippen molar-refractivity contribution in [1.29, 1.82) is 5.26 Å². The monoisotopic (exact) mass is 335 g/mol. The van der Waals surface area contributed by atoms with Crippen LogP contribution in [0.1, 0.15) is 58.8 Å². The van der Waals surface area contributed by atoms with Crippen molar-refractivity contribution >= 4 is 0 Å². The van der Waals surface area contributed by atoms with Crippen molar-refractivity contribution < 1.29 is 10.2 Å². The van der Waals surface area contributed by atoms with Gasteiger partial charge in [0.05, 0.1) is 18.2 Å². The van der Waals surface area contributed by atoms with Crippen molar-refractivity contribution in [3.05, 3.63) is 22.9 Å². The molecule has 0 heterocycles. The number of hydrogen-bond donors (Lipinski definition) is 4. The maximum atomic E-state index is 10.1. The van der Waals surface area contributed by atoms with E-state index in [0.29, 0.717) is 11.5 Å². The molecule has 0 aromatic carbocycles. The number of allylic oxidation sites excluding steroid dienone is 3. The number of aliphatic hydroxyl groups excluding tert-OH is 2. The molecule has 24 heavy (non-hydrogen) atoms. The standard InChI is InChI=1S/C19H33N3O2/c1-3-5-7-15(4-2)14-22-17-9-6-8-16(12-17)18(13-20)19(24)21-10-11-23/h12,15,19,21-24H,3-11,14H2,1-2H3/b18-16-. The predicted molar refractivity (Wildman–Crippen MR) is 97.0 cm³/mol. The third-order valence-corrected chi connectivity index (χ3v) is 4.59. The smallest absolute Gasteiger partial charge is 0.141 e.